The van der Waals surface area contributed by atoms with Crippen molar-refractivity contribution in [3.63, 3.8) is 0 Å². The summed E-state index contributed by atoms with van der Waals surface area (Å²) in [6.07, 6.45) is 13.3. The van der Waals surface area contributed by atoms with Crippen LogP contribution in [0.1, 0.15) is 77.9 Å². The van der Waals surface area contributed by atoms with E-state index >= 15 is 0 Å². The summed E-state index contributed by atoms with van der Waals surface area (Å²) in [5, 5.41) is 0. The van der Waals surface area contributed by atoms with Crippen LogP contribution in [0.4, 0.5) is 0 Å². The molecule has 7 aromatic rings. The van der Waals surface area contributed by atoms with Gasteiger partial charge in [0.05, 0.1) is 0 Å². The van der Waals surface area contributed by atoms with Crippen LogP contribution in [-0.2, 0) is 0 Å². The van der Waals surface area contributed by atoms with E-state index in [1.165, 1.54) is 89.0 Å². The predicted molar refractivity (Wildman–Crippen MR) is 236 cm³/mol. The molecule has 7 rings (SSSR count). The Kier molecular flexibility index (Phi) is 11.2. The Morgan fingerprint density at radius 3 is 0.833 bits per heavy atom. The fourth-order valence-corrected chi connectivity index (χ4v) is 6.49. The first-order chi connectivity index (χ1) is 26.3. The highest BCUT2D eigenvalue weighted by Crippen LogP contribution is 2.29. The fraction of sp³-hybridized carbons (Fsp3) is 0.0741. The van der Waals surface area contributed by atoms with E-state index in [1.807, 2.05) is 0 Å². The summed E-state index contributed by atoms with van der Waals surface area (Å²) in [4.78, 5) is 0. The van der Waals surface area contributed by atoms with Gasteiger partial charge in [0.2, 0.25) is 0 Å². The van der Waals surface area contributed by atoms with Crippen LogP contribution in [0.2, 0.25) is 0 Å². The van der Waals surface area contributed by atoms with Crippen LogP contribution in [-0.4, -0.2) is 0 Å². The molecule has 0 spiro atoms. The van der Waals surface area contributed by atoms with E-state index in [-0.39, 0.29) is 0 Å². The zero-order valence-corrected chi connectivity index (χ0v) is 31.6. The first-order valence-corrected chi connectivity index (χ1v) is 18.7. The highest BCUT2D eigenvalue weighted by atomic mass is 14.1. The fourth-order valence-electron chi connectivity index (χ4n) is 6.49. The second-order valence-electron chi connectivity index (χ2n) is 14.3. The first-order valence-electron chi connectivity index (χ1n) is 18.7. The van der Waals surface area contributed by atoms with E-state index in [0.717, 1.165) is 0 Å². The number of hydrogen-bond acceptors (Lipinski definition) is 0. The average molecular weight is 695 g/mol. The minimum absolute atomic E-state index is 1.17. The quantitative estimate of drug-likeness (QED) is 0.125. The van der Waals surface area contributed by atoms with Gasteiger partial charge in [0.1, 0.15) is 0 Å². The van der Waals surface area contributed by atoms with E-state index in [9.17, 15) is 0 Å². The topological polar surface area (TPSA) is 0 Å². The van der Waals surface area contributed by atoms with Gasteiger partial charge in [-0.2, -0.15) is 0 Å². The molecule has 0 bridgehead atoms. The van der Waals surface area contributed by atoms with Crippen molar-refractivity contribution in [3.8, 4) is 0 Å². The van der Waals surface area contributed by atoms with Crippen LogP contribution in [0.3, 0.4) is 0 Å². The van der Waals surface area contributed by atoms with Crippen LogP contribution >= 0.6 is 0 Å². The third kappa shape index (κ3) is 9.48. The van der Waals surface area contributed by atoms with Crippen molar-refractivity contribution >= 4 is 47.6 Å². The molecule has 0 radical (unpaired) electrons. The molecule has 0 aliphatic rings. The number of benzene rings is 7. The normalized spacial score (nSPS) is 11.2. The molecule has 0 aliphatic heterocycles. The molecule has 0 heteroatoms. The lowest BCUT2D eigenvalue weighted by atomic mass is 9.94. The van der Waals surface area contributed by atoms with Gasteiger partial charge in [-0.05, 0) is 113 Å². The second-order valence-corrected chi connectivity index (χ2v) is 14.3. The van der Waals surface area contributed by atoms with Gasteiger partial charge < -0.3 is 0 Å². The number of rotatable bonds is 10. The van der Waals surface area contributed by atoms with Gasteiger partial charge in [-0.3, -0.25) is 0 Å². The Balaban J connectivity index is 1.04. The van der Waals surface area contributed by atoms with Gasteiger partial charge >= 0.3 is 0 Å². The minimum atomic E-state index is 1.17. The highest BCUT2D eigenvalue weighted by Gasteiger charge is 2.08. The lowest BCUT2D eigenvalue weighted by Crippen LogP contribution is -1.89. The minimum Gasteiger partial charge on any atom is -0.0611 e. The molecular formula is C54H46. The zero-order valence-electron chi connectivity index (χ0n) is 31.6. The van der Waals surface area contributed by atoms with Gasteiger partial charge in [0.25, 0.3) is 0 Å². The Bertz CT molecular complexity index is 2160. The lowest BCUT2D eigenvalue weighted by molar-refractivity contribution is 1.43. The van der Waals surface area contributed by atoms with Crippen LogP contribution in [0.5, 0.6) is 0 Å². The Labute approximate surface area is 321 Å². The van der Waals surface area contributed by atoms with Gasteiger partial charge in [-0.1, -0.05) is 210 Å². The molecule has 0 unspecified atom stereocenters. The van der Waals surface area contributed by atoms with Crippen LogP contribution in [0, 0.1) is 27.7 Å². The molecule has 0 N–H and O–H groups in total. The average Bonchev–Trinajstić information content (AvgIpc) is 3.20. The summed E-state index contributed by atoms with van der Waals surface area (Å²) < 4.78 is 0. The molecular weight excluding hydrogens is 649 g/mol. The zero-order chi connectivity index (χ0) is 37.3. The molecule has 0 nitrogen and oxygen atoms in total. The maximum absolute atomic E-state index is 2.29. The van der Waals surface area contributed by atoms with Gasteiger partial charge in [-0.15, -0.1) is 0 Å². The molecule has 0 aromatic heterocycles. The van der Waals surface area contributed by atoms with Crippen molar-refractivity contribution in [1.29, 1.82) is 0 Å². The smallest absolute Gasteiger partial charge is 0.0105 e. The highest BCUT2D eigenvalue weighted by molar-refractivity contribution is 5.92. The molecule has 0 aliphatic carbocycles. The van der Waals surface area contributed by atoms with E-state index < -0.39 is 0 Å². The largest absolute Gasteiger partial charge is 0.0611 e. The summed E-state index contributed by atoms with van der Waals surface area (Å²) in [6.45, 7) is 8.52. The van der Waals surface area contributed by atoms with Crippen LogP contribution in [0.15, 0.2) is 170 Å². The monoisotopic (exact) mass is 694 g/mol. The van der Waals surface area contributed by atoms with Crippen molar-refractivity contribution in [2.24, 2.45) is 0 Å². The molecule has 0 saturated carbocycles. The van der Waals surface area contributed by atoms with E-state index in [0.29, 0.717) is 0 Å². The van der Waals surface area contributed by atoms with E-state index in [1.54, 1.807) is 0 Å². The molecule has 0 saturated heterocycles. The summed E-state index contributed by atoms with van der Waals surface area (Å²) in [5.41, 5.74) is 19.4. The second kappa shape index (κ2) is 16.9. The van der Waals surface area contributed by atoms with Gasteiger partial charge in [0.15, 0.2) is 0 Å². The first kappa shape index (κ1) is 35.9. The molecule has 0 atom stereocenters. The molecule has 0 amide bonds. The number of aryl methyl sites for hydroxylation is 4. The van der Waals surface area contributed by atoms with Crippen molar-refractivity contribution < 1.29 is 0 Å². The molecule has 0 fully saturated rings. The van der Waals surface area contributed by atoms with E-state index in [4.69, 9.17) is 0 Å². The summed E-state index contributed by atoms with van der Waals surface area (Å²) in [7, 11) is 0. The Morgan fingerprint density at radius 2 is 0.537 bits per heavy atom. The maximum atomic E-state index is 2.29. The van der Waals surface area contributed by atoms with Crippen molar-refractivity contribution in [3.05, 3.63) is 248 Å². The lowest BCUT2D eigenvalue weighted by Gasteiger charge is -2.10. The molecule has 0 heterocycles. The van der Waals surface area contributed by atoms with Crippen LogP contribution in [0.25, 0.3) is 47.6 Å². The third-order valence-electron chi connectivity index (χ3n) is 9.79. The maximum Gasteiger partial charge on any atom is -0.0105 e. The number of hydrogen-bond donors (Lipinski definition) is 0. The van der Waals surface area contributed by atoms with Crippen molar-refractivity contribution in [1.82, 2.24) is 0 Å². The third-order valence-corrected chi connectivity index (χ3v) is 9.79. The summed E-state index contributed by atoms with van der Waals surface area (Å²) in [5.74, 6) is 0. The van der Waals surface area contributed by atoms with Crippen LogP contribution < -0.4 is 0 Å². The predicted octanol–water partition coefficient (Wildman–Crippen LogP) is 14.4. The Morgan fingerprint density at radius 1 is 0.278 bits per heavy atom. The van der Waals surface area contributed by atoms with Crippen molar-refractivity contribution in [2.45, 2.75) is 27.7 Å². The summed E-state index contributed by atoms with van der Waals surface area (Å²) in [6, 6.07) is 61.4. The van der Waals surface area contributed by atoms with Gasteiger partial charge in [0, 0.05) is 0 Å². The van der Waals surface area contributed by atoms with E-state index in [2.05, 4.69) is 234 Å². The van der Waals surface area contributed by atoms with Gasteiger partial charge in [-0.25, -0.2) is 0 Å². The van der Waals surface area contributed by atoms with Crippen molar-refractivity contribution in [2.75, 3.05) is 0 Å². The summed E-state index contributed by atoms with van der Waals surface area (Å²) >= 11 is 0. The Hall–Kier alpha value is -6.50. The molecule has 262 valence electrons. The molecule has 7 aromatic carbocycles. The SMILES string of the molecule is Cc1ccc(C(=Cc2ccc(/C=C/c3cccc(/C=C/c4ccc(C=C(c5ccc(C)cc5)c5ccc(C)cc5)cc4)c3)cc2)c2ccc(C)cc2)cc1. The standard InChI is InChI=1S/C54H46/c1-39-8-28-49(29-9-39)53(50-30-10-40(2)11-31-50)37-47-24-18-43(19-25-47)16-22-45-6-5-7-46(36-45)23-17-44-20-26-48(27-21-44)38-54(51-32-12-41(3)13-33-51)52-34-14-42(4)15-35-52/h5-38H,1-4H3/b22-16+,23-17+. The molecule has 54 heavy (non-hydrogen) atoms.